The topological polar surface area (TPSA) is 75.2 Å². The molecule has 0 saturated carbocycles. The molecule has 1 fully saturated rings. The molecular formula is C13H22N4O2S. The fraction of sp³-hybridized carbons (Fsp3) is 0.692. The van der Waals surface area contributed by atoms with Crippen LogP contribution in [0, 0.1) is 5.41 Å². The van der Waals surface area contributed by atoms with Crippen molar-refractivity contribution in [2.45, 2.75) is 38.5 Å². The maximum atomic E-state index is 12.6. The average molecular weight is 298 g/mol. The summed E-state index contributed by atoms with van der Waals surface area (Å²) >= 11 is 0. The summed E-state index contributed by atoms with van der Waals surface area (Å²) in [5.41, 5.74) is 0.0237. The standard InChI is InChI=1S/C13H22N4O2S/c1-4-14-12-15-8-11(9-16-12)20(18,19)17-7-5-6-13(2,3)10-17/h8-9H,4-7,10H2,1-3H3,(H,14,15,16). The number of piperidine rings is 1. The SMILES string of the molecule is CCNc1ncc(S(=O)(=O)N2CCCC(C)(C)C2)cn1. The number of anilines is 1. The molecule has 6 nitrogen and oxygen atoms in total. The zero-order chi connectivity index (χ0) is 14.8. The Labute approximate surface area is 120 Å². The van der Waals surface area contributed by atoms with Gasteiger partial charge in [0.2, 0.25) is 16.0 Å². The molecule has 0 atom stereocenters. The van der Waals surface area contributed by atoms with Crippen LogP contribution in [0.25, 0.3) is 0 Å². The van der Waals surface area contributed by atoms with Crippen LogP contribution in [-0.4, -0.2) is 42.3 Å². The average Bonchev–Trinajstić information content (AvgIpc) is 2.38. The van der Waals surface area contributed by atoms with Gasteiger partial charge in [0.25, 0.3) is 0 Å². The minimum absolute atomic E-state index is 0.0237. The van der Waals surface area contributed by atoms with Crippen molar-refractivity contribution in [3.05, 3.63) is 12.4 Å². The molecule has 20 heavy (non-hydrogen) atoms. The third-order valence-corrected chi connectivity index (χ3v) is 5.26. The molecular weight excluding hydrogens is 276 g/mol. The number of hydrogen-bond donors (Lipinski definition) is 1. The van der Waals surface area contributed by atoms with E-state index in [1.54, 1.807) is 4.31 Å². The quantitative estimate of drug-likeness (QED) is 0.916. The summed E-state index contributed by atoms with van der Waals surface area (Å²) in [5, 5.41) is 2.95. The Morgan fingerprint density at radius 3 is 2.55 bits per heavy atom. The van der Waals surface area contributed by atoms with Crippen molar-refractivity contribution in [1.29, 1.82) is 0 Å². The highest BCUT2D eigenvalue weighted by molar-refractivity contribution is 7.89. The van der Waals surface area contributed by atoms with Gasteiger partial charge >= 0.3 is 0 Å². The Balaban J connectivity index is 2.21. The van der Waals surface area contributed by atoms with Crippen LogP contribution in [0.5, 0.6) is 0 Å². The van der Waals surface area contributed by atoms with E-state index in [-0.39, 0.29) is 10.3 Å². The van der Waals surface area contributed by atoms with Crippen LogP contribution in [-0.2, 0) is 10.0 Å². The molecule has 1 aliphatic rings. The molecule has 2 rings (SSSR count). The van der Waals surface area contributed by atoms with Crippen molar-refractivity contribution in [3.63, 3.8) is 0 Å². The van der Waals surface area contributed by atoms with Gasteiger partial charge in [0.15, 0.2) is 0 Å². The van der Waals surface area contributed by atoms with Crippen molar-refractivity contribution in [2.75, 3.05) is 25.0 Å². The summed E-state index contributed by atoms with van der Waals surface area (Å²) in [6.45, 7) is 7.94. The van der Waals surface area contributed by atoms with Crippen molar-refractivity contribution in [3.8, 4) is 0 Å². The predicted molar refractivity (Wildman–Crippen MR) is 78.0 cm³/mol. The van der Waals surface area contributed by atoms with Gasteiger partial charge in [-0.2, -0.15) is 4.31 Å². The van der Waals surface area contributed by atoms with Crippen LogP contribution in [0.2, 0.25) is 0 Å². The number of sulfonamides is 1. The normalized spacial score (nSPS) is 19.8. The second kappa shape index (κ2) is 5.65. The molecule has 0 aliphatic carbocycles. The van der Waals surface area contributed by atoms with E-state index in [4.69, 9.17) is 0 Å². The summed E-state index contributed by atoms with van der Waals surface area (Å²) < 4.78 is 26.7. The van der Waals surface area contributed by atoms with Gasteiger partial charge in [-0.3, -0.25) is 0 Å². The molecule has 0 radical (unpaired) electrons. The Kier molecular flexibility index (Phi) is 4.29. The largest absolute Gasteiger partial charge is 0.355 e. The Hall–Kier alpha value is -1.21. The van der Waals surface area contributed by atoms with Crippen LogP contribution in [0.15, 0.2) is 17.3 Å². The van der Waals surface area contributed by atoms with E-state index >= 15 is 0 Å². The molecule has 7 heteroatoms. The fourth-order valence-electron chi connectivity index (χ4n) is 2.42. The molecule has 0 aromatic carbocycles. The first kappa shape index (κ1) is 15.2. The molecule has 0 unspecified atom stereocenters. The molecule has 0 spiro atoms. The summed E-state index contributed by atoms with van der Waals surface area (Å²) in [6, 6.07) is 0. The van der Waals surface area contributed by atoms with Crippen LogP contribution in [0.3, 0.4) is 0 Å². The molecule has 1 aliphatic heterocycles. The molecule has 1 aromatic rings. The zero-order valence-corrected chi connectivity index (χ0v) is 13.1. The Morgan fingerprint density at radius 1 is 1.35 bits per heavy atom. The lowest BCUT2D eigenvalue weighted by Gasteiger charge is -2.37. The van der Waals surface area contributed by atoms with Gasteiger partial charge in [-0.05, 0) is 25.2 Å². The van der Waals surface area contributed by atoms with Crippen molar-refractivity contribution >= 4 is 16.0 Å². The van der Waals surface area contributed by atoms with Crippen molar-refractivity contribution < 1.29 is 8.42 Å². The summed E-state index contributed by atoms with van der Waals surface area (Å²) in [5.74, 6) is 0.449. The first-order valence-electron chi connectivity index (χ1n) is 6.91. The smallest absolute Gasteiger partial charge is 0.246 e. The van der Waals surface area contributed by atoms with Crippen molar-refractivity contribution in [2.24, 2.45) is 5.41 Å². The first-order chi connectivity index (χ1) is 9.35. The summed E-state index contributed by atoms with van der Waals surface area (Å²) in [7, 11) is -3.48. The van der Waals surface area contributed by atoms with Gasteiger partial charge in [-0.25, -0.2) is 18.4 Å². The second-order valence-corrected chi connectivity index (χ2v) is 7.82. The van der Waals surface area contributed by atoms with Crippen LogP contribution >= 0.6 is 0 Å². The lowest BCUT2D eigenvalue weighted by atomic mass is 9.85. The molecule has 0 bridgehead atoms. The lowest BCUT2D eigenvalue weighted by molar-refractivity contribution is 0.187. The van der Waals surface area contributed by atoms with Gasteiger partial charge in [0.05, 0.1) is 12.4 Å². The highest BCUT2D eigenvalue weighted by Gasteiger charge is 2.34. The maximum absolute atomic E-state index is 12.6. The van der Waals surface area contributed by atoms with Gasteiger partial charge in [0.1, 0.15) is 4.90 Å². The Morgan fingerprint density at radius 2 is 2.00 bits per heavy atom. The van der Waals surface area contributed by atoms with Gasteiger partial charge in [0, 0.05) is 19.6 Å². The molecule has 0 amide bonds. The van der Waals surface area contributed by atoms with E-state index in [1.165, 1.54) is 12.4 Å². The molecule has 112 valence electrons. The molecule has 1 saturated heterocycles. The third-order valence-electron chi connectivity index (χ3n) is 3.47. The molecule has 1 N–H and O–H groups in total. The van der Waals surface area contributed by atoms with Gasteiger partial charge < -0.3 is 5.32 Å². The minimum atomic E-state index is -3.48. The summed E-state index contributed by atoms with van der Waals surface area (Å²) in [6.07, 6.45) is 4.70. The molecule has 2 heterocycles. The Bertz CT molecular complexity index is 554. The number of aromatic nitrogens is 2. The van der Waals surface area contributed by atoms with Crippen molar-refractivity contribution in [1.82, 2.24) is 14.3 Å². The van der Waals surface area contributed by atoms with Crippen LogP contribution in [0.4, 0.5) is 5.95 Å². The molecule has 1 aromatic heterocycles. The first-order valence-corrected chi connectivity index (χ1v) is 8.35. The fourth-order valence-corrected chi connectivity index (χ4v) is 3.98. The minimum Gasteiger partial charge on any atom is -0.355 e. The van der Waals surface area contributed by atoms with Gasteiger partial charge in [-0.15, -0.1) is 0 Å². The number of rotatable bonds is 4. The number of hydrogen-bond acceptors (Lipinski definition) is 5. The van der Waals surface area contributed by atoms with E-state index in [1.807, 2.05) is 6.92 Å². The highest BCUT2D eigenvalue weighted by atomic mass is 32.2. The lowest BCUT2D eigenvalue weighted by Crippen LogP contribution is -2.43. The van der Waals surface area contributed by atoms with Crippen LogP contribution in [0.1, 0.15) is 33.6 Å². The summed E-state index contributed by atoms with van der Waals surface area (Å²) in [4.78, 5) is 8.24. The predicted octanol–water partition coefficient (Wildman–Crippen LogP) is 1.72. The van der Waals surface area contributed by atoms with Gasteiger partial charge in [-0.1, -0.05) is 13.8 Å². The van der Waals surface area contributed by atoms with E-state index < -0.39 is 10.0 Å². The van der Waals surface area contributed by atoms with E-state index in [0.717, 1.165) is 12.8 Å². The van der Waals surface area contributed by atoms with E-state index in [9.17, 15) is 8.42 Å². The second-order valence-electron chi connectivity index (χ2n) is 5.88. The van der Waals surface area contributed by atoms with Crippen LogP contribution < -0.4 is 5.32 Å². The third kappa shape index (κ3) is 3.27. The van der Waals surface area contributed by atoms with E-state index in [0.29, 0.717) is 25.6 Å². The zero-order valence-electron chi connectivity index (χ0n) is 12.3. The maximum Gasteiger partial charge on any atom is 0.246 e. The number of nitrogens with one attached hydrogen (secondary N) is 1. The highest BCUT2D eigenvalue weighted by Crippen LogP contribution is 2.31. The monoisotopic (exact) mass is 298 g/mol. The van der Waals surface area contributed by atoms with E-state index in [2.05, 4.69) is 29.1 Å². The number of nitrogens with zero attached hydrogens (tertiary/aromatic N) is 3.